The fourth-order valence-corrected chi connectivity index (χ4v) is 4.10. The van der Waals surface area contributed by atoms with Gasteiger partial charge in [0, 0.05) is 21.8 Å². The summed E-state index contributed by atoms with van der Waals surface area (Å²) in [5, 5.41) is 14.6. The first-order chi connectivity index (χ1) is 14.0. The van der Waals surface area contributed by atoms with Crippen LogP contribution in [0.25, 0.3) is 0 Å². The molecule has 1 N–H and O–H groups in total. The van der Waals surface area contributed by atoms with E-state index in [9.17, 15) is 4.79 Å². The van der Waals surface area contributed by atoms with Crippen LogP contribution in [0.3, 0.4) is 0 Å². The quantitative estimate of drug-likeness (QED) is 0.440. The van der Waals surface area contributed by atoms with Gasteiger partial charge in [-0.1, -0.05) is 40.9 Å². The molecule has 7 nitrogen and oxygen atoms in total. The molecule has 0 aliphatic rings. The lowest BCUT2D eigenvalue weighted by Gasteiger charge is -2.06. The summed E-state index contributed by atoms with van der Waals surface area (Å²) in [6.07, 6.45) is 4.80. The lowest BCUT2D eigenvalue weighted by atomic mass is 10.2. The number of carbonyl (C=O) groups is 1. The van der Waals surface area contributed by atoms with Crippen molar-refractivity contribution in [2.45, 2.75) is 13.1 Å². The first kappa shape index (κ1) is 19.9. The maximum absolute atomic E-state index is 12.5. The zero-order valence-electron chi connectivity index (χ0n) is 14.7. The van der Waals surface area contributed by atoms with Gasteiger partial charge in [-0.25, -0.2) is 9.67 Å². The summed E-state index contributed by atoms with van der Waals surface area (Å²) >= 11 is 19.6. The Balaban J connectivity index is 1.40. The van der Waals surface area contributed by atoms with E-state index in [0.717, 1.165) is 11.1 Å². The zero-order chi connectivity index (χ0) is 20.4. The second-order valence-electron chi connectivity index (χ2n) is 6.10. The van der Waals surface area contributed by atoms with Gasteiger partial charge in [0.2, 0.25) is 5.95 Å². The first-order valence-electron chi connectivity index (χ1n) is 8.37. The smallest absolute Gasteiger partial charge is 0.268 e. The largest absolute Gasteiger partial charge is 0.288 e. The van der Waals surface area contributed by atoms with Gasteiger partial charge in [-0.2, -0.15) is 5.10 Å². The van der Waals surface area contributed by atoms with Gasteiger partial charge in [0.05, 0.1) is 29.2 Å². The minimum Gasteiger partial charge on any atom is -0.288 e. The second-order valence-corrected chi connectivity index (χ2v) is 8.26. The lowest BCUT2D eigenvalue weighted by Crippen LogP contribution is -2.12. The van der Waals surface area contributed by atoms with Crippen molar-refractivity contribution in [2.24, 2.45) is 0 Å². The molecule has 1 aromatic carbocycles. The van der Waals surface area contributed by atoms with Crippen LogP contribution in [0.1, 0.15) is 20.8 Å². The predicted octanol–water partition coefficient (Wildman–Crippen LogP) is 4.85. The Morgan fingerprint density at radius 2 is 1.93 bits per heavy atom. The summed E-state index contributed by atoms with van der Waals surface area (Å²) in [4.78, 5) is 17.2. The topological polar surface area (TPSA) is 77.6 Å². The molecule has 11 heteroatoms. The second kappa shape index (κ2) is 8.54. The third-order valence-corrected chi connectivity index (χ3v) is 5.85. The highest BCUT2D eigenvalue weighted by atomic mass is 35.5. The molecule has 0 saturated carbocycles. The fraction of sp³-hybridized carbons (Fsp3) is 0.111. The summed E-state index contributed by atoms with van der Waals surface area (Å²) in [5.74, 6) is -0.0831. The van der Waals surface area contributed by atoms with Crippen LogP contribution < -0.4 is 5.32 Å². The predicted molar refractivity (Wildman–Crippen MR) is 114 cm³/mol. The molecule has 0 unspecified atom stereocenters. The minimum absolute atomic E-state index is 0.201. The highest BCUT2D eigenvalue weighted by Crippen LogP contribution is 2.25. The Morgan fingerprint density at radius 1 is 1.14 bits per heavy atom. The molecule has 0 bridgehead atoms. The number of thiophene rings is 1. The van der Waals surface area contributed by atoms with E-state index in [1.165, 1.54) is 17.7 Å². The number of hydrogen-bond acceptors (Lipinski definition) is 5. The van der Waals surface area contributed by atoms with E-state index in [4.69, 9.17) is 34.8 Å². The summed E-state index contributed by atoms with van der Waals surface area (Å²) < 4.78 is 3.26. The van der Waals surface area contributed by atoms with Gasteiger partial charge in [0.25, 0.3) is 5.91 Å². The number of halogens is 3. The molecular formula is C18H13Cl3N6OS. The van der Waals surface area contributed by atoms with Crippen molar-refractivity contribution in [1.82, 2.24) is 24.5 Å². The Bertz CT molecular complexity index is 1150. The van der Waals surface area contributed by atoms with Gasteiger partial charge in [0.1, 0.15) is 6.33 Å². The maximum atomic E-state index is 12.5. The molecular weight excluding hydrogens is 455 g/mol. The number of hydrogen-bond donors (Lipinski definition) is 1. The number of nitrogens with zero attached hydrogens (tertiary/aromatic N) is 5. The summed E-state index contributed by atoms with van der Waals surface area (Å²) in [6.45, 7) is 0.874. The van der Waals surface area contributed by atoms with Crippen LogP contribution in [0.4, 0.5) is 5.95 Å². The average Bonchev–Trinajstić information content (AvgIpc) is 3.41. The van der Waals surface area contributed by atoms with Crippen LogP contribution in [0.2, 0.25) is 15.1 Å². The minimum atomic E-state index is -0.284. The third-order valence-electron chi connectivity index (χ3n) is 3.97. The van der Waals surface area contributed by atoms with E-state index < -0.39 is 0 Å². The zero-order valence-corrected chi connectivity index (χ0v) is 17.8. The molecule has 148 valence electrons. The molecule has 4 aromatic rings. The van der Waals surface area contributed by atoms with E-state index in [1.54, 1.807) is 46.0 Å². The Kier molecular flexibility index (Phi) is 5.86. The normalized spacial score (nSPS) is 11.0. The Labute approximate surface area is 184 Å². The van der Waals surface area contributed by atoms with Gasteiger partial charge < -0.3 is 0 Å². The molecule has 0 radical (unpaired) electrons. The molecule has 3 heterocycles. The van der Waals surface area contributed by atoms with Crippen molar-refractivity contribution in [3.05, 3.63) is 79.4 Å². The van der Waals surface area contributed by atoms with Crippen LogP contribution in [0.15, 0.2) is 48.4 Å². The number of carbonyl (C=O) groups excluding carboxylic acids is 1. The van der Waals surface area contributed by atoms with Crippen LogP contribution in [0, 0.1) is 0 Å². The van der Waals surface area contributed by atoms with Crippen LogP contribution in [0.5, 0.6) is 0 Å². The van der Waals surface area contributed by atoms with Crippen molar-refractivity contribution in [3.8, 4) is 0 Å². The van der Waals surface area contributed by atoms with Gasteiger partial charge in [-0.3, -0.25) is 14.8 Å². The van der Waals surface area contributed by atoms with Crippen LogP contribution in [-0.2, 0) is 13.1 Å². The van der Waals surface area contributed by atoms with E-state index in [-0.39, 0.29) is 11.9 Å². The molecule has 0 aliphatic heterocycles. The van der Waals surface area contributed by atoms with Crippen LogP contribution in [-0.4, -0.2) is 30.5 Å². The average molecular weight is 468 g/mol. The van der Waals surface area contributed by atoms with E-state index >= 15 is 0 Å². The highest BCUT2D eigenvalue weighted by Gasteiger charge is 2.13. The number of nitrogens with one attached hydrogen (secondary N) is 1. The molecule has 0 spiro atoms. The summed E-state index contributed by atoms with van der Waals surface area (Å²) in [6, 6.07) is 7.09. The summed E-state index contributed by atoms with van der Waals surface area (Å²) in [7, 11) is 0. The van der Waals surface area contributed by atoms with E-state index in [2.05, 4.69) is 20.5 Å². The lowest BCUT2D eigenvalue weighted by molar-refractivity contribution is 0.102. The molecule has 1 amide bonds. The molecule has 29 heavy (non-hydrogen) atoms. The Hall–Kier alpha value is -2.39. The van der Waals surface area contributed by atoms with E-state index in [1.807, 2.05) is 5.38 Å². The standard InChI is InChI=1S/C18H13Cl3N6OS/c19-12-5-23-26(7-12)6-11-4-16(29-9-11)17(28)24-18-22-10-27(25-18)8-13-14(20)2-1-3-15(13)21/h1-5,7,9-10H,6,8H2,(H,24,25,28). The molecule has 0 saturated heterocycles. The molecule has 0 aliphatic carbocycles. The van der Waals surface area contributed by atoms with Crippen molar-refractivity contribution in [2.75, 3.05) is 5.32 Å². The molecule has 0 atom stereocenters. The van der Waals surface area contributed by atoms with Crippen molar-refractivity contribution < 1.29 is 4.79 Å². The van der Waals surface area contributed by atoms with Gasteiger partial charge in [0.15, 0.2) is 0 Å². The SMILES string of the molecule is O=C(Nc1ncn(Cc2c(Cl)cccc2Cl)n1)c1cc(Cn2cc(Cl)cn2)cs1. The molecule has 0 fully saturated rings. The van der Waals surface area contributed by atoms with Gasteiger partial charge in [-0.05, 0) is 29.1 Å². The monoisotopic (exact) mass is 466 g/mol. The molecule has 4 rings (SSSR count). The number of amides is 1. The third kappa shape index (κ3) is 4.79. The number of aromatic nitrogens is 5. The first-order valence-corrected chi connectivity index (χ1v) is 10.4. The van der Waals surface area contributed by atoms with Gasteiger partial charge in [-0.15, -0.1) is 16.4 Å². The van der Waals surface area contributed by atoms with E-state index in [0.29, 0.717) is 33.0 Å². The fourth-order valence-electron chi connectivity index (χ4n) is 2.63. The van der Waals surface area contributed by atoms with Crippen molar-refractivity contribution >= 4 is 58.0 Å². The van der Waals surface area contributed by atoms with Crippen LogP contribution >= 0.6 is 46.1 Å². The molecule has 3 aromatic heterocycles. The number of anilines is 1. The number of benzene rings is 1. The highest BCUT2D eigenvalue weighted by molar-refractivity contribution is 7.12. The summed E-state index contributed by atoms with van der Waals surface area (Å²) in [5.41, 5.74) is 1.69. The number of rotatable bonds is 6. The Morgan fingerprint density at radius 3 is 2.66 bits per heavy atom. The van der Waals surface area contributed by atoms with Crippen molar-refractivity contribution in [1.29, 1.82) is 0 Å². The van der Waals surface area contributed by atoms with Crippen molar-refractivity contribution in [3.63, 3.8) is 0 Å². The maximum Gasteiger partial charge on any atom is 0.268 e. The van der Waals surface area contributed by atoms with Gasteiger partial charge >= 0.3 is 0 Å².